The predicted octanol–water partition coefficient (Wildman–Crippen LogP) is 1.90. The molecule has 1 aromatic rings. The van der Waals surface area contributed by atoms with E-state index in [9.17, 15) is 4.39 Å². The fourth-order valence-corrected chi connectivity index (χ4v) is 2.26. The third-order valence-electron chi connectivity index (χ3n) is 3.43. The van der Waals surface area contributed by atoms with Crippen molar-refractivity contribution in [1.82, 2.24) is 4.90 Å². The van der Waals surface area contributed by atoms with Crippen LogP contribution in [-0.4, -0.2) is 30.7 Å². The Kier molecular flexibility index (Phi) is 4.69. The Morgan fingerprint density at radius 2 is 2.33 bits per heavy atom. The molecule has 1 saturated heterocycles. The minimum Gasteiger partial charge on any atom is -0.376 e. The summed E-state index contributed by atoms with van der Waals surface area (Å²) in [4.78, 5) is 2.25. The second-order valence-corrected chi connectivity index (χ2v) is 4.77. The Balaban J connectivity index is 2.00. The van der Waals surface area contributed by atoms with E-state index in [1.165, 1.54) is 6.07 Å². The lowest BCUT2D eigenvalue weighted by Gasteiger charge is -2.32. The van der Waals surface area contributed by atoms with Crippen molar-refractivity contribution in [2.45, 2.75) is 32.5 Å². The van der Waals surface area contributed by atoms with E-state index >= 15 is 0 Å². The number of halogens is 1. The van der Waals surface area contributed by atoms with Crippen molar-refractivity contribution in [2.24, 2.45) is 5.73 Å². The third kappa shape index (κ3) is 3.28. The smallest absolute Gasteiger partial charge is 0.128 e. The van der Waals surface area contributed by atoms with Crippen molar-refractivity contribution >= 4 is 0 Å². The number of hydrogen-bond acceptors (Lipinski definition) is 3. The highest BCUT2D eigenvalue weighted by Crippen LogP contribution is 2.16. The Bertz CT molecular complexity index is 397. The first kappa shape index (κ1) is 13.5. The van der Waals surface area contributed by atoms with E-state index in [0.717, 1.165) is 37.2 Å². The Morgan fingerprint density at radius 1 is 1.50 bits per heavy atom. The molecule has 18 heavy (non-hydrogen) atoms. The molecule has 1 aliphatic heterocycles. The van der Waals surface area contributed by atoms with Gasteiger partial charge in [0.2, 0.25) is 0 Å². The van der Waals surface area contributed by atoms with Crippen molar-refractivity contribution in [3.63, 3.8) is 0 Å². The van der Waals surface area contributed by atoms with Crippen LogP contribution in [0.4, 0.5) is 4.39 Å². The maximum absolute atomic E-state index is 13.9. The molecular weight excluding hydrogens is 231 g/mol. The van der Waals surface area contributed by atoms with Gasteiger partial charge in [-0.25, -0.2) is 4.39 Å². The normalized spacial score (nSPS) is 21.2. The second kappa shape index (κ2) is 6.27. The second-order valence-electron chi connectivity index (χ2n) is 4.77. The van der Waals surface area contributed by atoms with Gasteiger partial charge in [-0.2, -0.15) is 0 Å². The average Bonchev–Trinajstić information content (AvgIpc) is 2.41. The molecular formula is C14H21FN2O. The zero-order valence-corrected chi connectivity index (χ0v) is 10.9. The first-order valence-electron chi connectivity index (χ1n) is 6.54. The van der Waals surface area contributed by atoms with Crippen LogP contribution in [0.5, 0.6) is 0 Å². The number of nitrogens with zero attached hydrogens (tertiary/aromatic N) is 1. The minimum absolute atomic E-state index is 0.155. The maximum atomic E-state index is 13.9. The van der Waals surface area contributed by atoms with E-state index in [1.54, 1.807) is 0 Å². The van der Waals surface area contributed by atoms with Crippen LogP contribution in [0.3, 0.4) is 0 Å². The van der Waals surface area contributed by atoms with Gasteiger partial charge in [0.25, 0.3) is 0 Å². The van der Waals surface area contributed by atoms with Crippen molar-refractivity contribution in [2.75, 3.05) is 19.7 Å². The predicted molar refractivity (Wildman–Crippen MR) is 69.6 cm³/mol. The molecule has 0 bridgehead atoms. The van der Waals surface area contributed by atoms with Crippen LogP contribution < -0.4 is 5.73 Å². The Morgan fingerprint density at radius 3 is 3.00 bits per heavy atom. The van der Waals surface area contributed by atoms with Crippen molar-refractivity contribution in [3.8, 4) is 0 Å². The summed E-state index contributed by atoms with van der Waals surface area (Å²) in [5, 5.41) is 0. The van der Waals surface area contributed by atoms with E-state index < -0.39 is 0 Å². The molecule has 1 aromatic carbocycles. The Hall–Kier alpha value is -0.970. The number of rotatable bonds is 4. The summed E-state index contributed by atoms with van der Waals surface area (Å²) in [5.74, 6) is -0.155. The van der Waals surface area contributed by atoms with Crippen molar-refractivity contribution in [3.05, 3.63) is 35.1 Å². The molecule has 2 rings (SSSR count). The van der Waals surface area contributed by atoms with Gasteiger partial charge >= 0.3 is 0 Å². The highest BCUT2D eigenvalue weighted by molar-refractivity contribution is 5.24. The molecule has 4 heteroatoms. The van der Waals surface area contributed by atoms with Gasteiger partial charge in [-0.05, 0) is 18.1 Å². The molecule has 1 atom stereocenters. The third-order valence-corrected chi connectivity index (χ3v) is 3.43. The number of benzene rings is 1. The zero-order valence-electron chi connectivity index (χ0n) is 10.9. The number of hydrogen-bond donors (Lipinski definition) is 1. The van der Waals surface area contributed by atoms with E-state index in [4.69, 9.17) is 10.5 Å². The Labute approximate surface area is 108 Å². The van der Waals surface area contributed by atoms with Gasteiger partial charge in [0, 0.05) is 31.7 Å². The summed E-state index contributed by atoms with van der Waals surface area (Å²) in [6.45, 7) is 5.64. The lowest BCUT2D eigenvalue weighted by atomic mass is 10.1. The number of ether oxygens (including phenoxy) is 1. The van der Waals surface area contributed by atoms with Gasteiger partial charge in [0.05, 0.1) is 12.7 Å². The summed E-state index contributed by atoms with van der Waals surface area (Å²) in [6, 6.07) is 5.27. The average molecular weight is 252 g/mol. The summed E-state index contributed by atoms with van der Waals surface area (Å²) in [5.41, 5.74) is 7.07. The zero-order chi connectivity index (χ0) is 13.0. The lowest BCUT2D eigenvalue weighted by Crippen LogP contribution is -2.41. The van der Waals surface area contributed by atoms with Crippen LogP contribution in [0.25, 0.3) is 0 Å². The standard InChI is InChI=1S/C14H21FN2O/c1-2-13-10-17(5-6-18-13)9-12-4-3-11(8-16)7-14(12)15/h3-4,7,13H,2,5-6,8-10,16H2,1H3. The van der Waals surface area contributed by atoms with Gasteiger partial charge in [-0.15, -0.1) is 0 Å². The molecule has 0 aliphatic carbocycles. The molecule has 2 N–H and O–H groups in total. The topological polar surface area (TPSA) is 38.5 Å². The molecule has 0 saturated carbocycles. The molecule has 1 heterocycles. The quantitative estimate of drug-likeness (QED) is 0.889. The minimum atomic E-state index is -0.155. The maximum Gasteiger partial charge on any atom is 0.128 e. The summed E-state index contributed by atoms with van der Waals surface area (Å²) < 4.78 is 19.5. The van der Waals surface area contributed by atoms with Crippen LogP contribution in [0, 0.1) is 5.82 Å². The van der Waals surface area contributed by atoms with Gasteiger partial charge < -0.3 is 10.5 Å². The molecule has 1 unspecified atom stereocenters. The lowest BCUT2D eigenvalue weighted by molar-refractivity contribution is -0.0327. The van der Waals surface area contributed by atoms with Crippen LogP contribution >= 0.6 is 0 Å². The monoisotopic (exact) mass is 252 g/mol. The molecule has 1 fully saturated rings. The number of morpholine rings is 1. The van der Waals surface area contributed by atoms with Gasteiger partial charge in [0.1, 0.15) is 5.82 Å². The molecule has 3 nitrogen and oxygen atoms in total. The summed E-state index contributed by atoms with van der Waals surface area (Å²) >= 11 is 0. The fraction of sp³-hybridized carbons (Fsp3) is 0.571. The summed E-state index contributed by atoms with van der Waals surface area (Å²) in [7, 11) is 0. The highest BCUT2D eigenvalue weighted by atomic mass is 19.1. The molecule has 0 radical (unpaired) electrons. The number of nitrogens with two attached hydrogens (primary N) is 1. The SMILES string of the molecule is CCC1CN(Cc2ccc(CN)cc2F)CCO1. The largest absolute Gasteiger partial charge is 0.376 e. The van der Waals surface area contributed by atoms with Crippen LogP contribution in [-0.2, 0) is 17.8 Å². The first-order chi connectivity index (χ1) is 8.72. The van der Waals surface area contributed by atoms with Gasteiger partial charge in [0.15, 0.2) is 0 Å². The first-order valence-corrected chi connectivity index (χ1v) is 6.54. The molecule has 0 amide bonds. The molecule has 100 valence electrons. The van der Waals surface area contributed by atoms with Crippen LogP contribution in [0.2, 0.25) is 0 Å². The van der Waals surface area contributed by atoms with E-state index in [2.05, 4.69) is 11.8 Å². The van der Waals surface area contributed by atoms with Crippen molar-refractivity contribution in [1.29, 1.82) is 0 Å². The van der Waals surface area contributed by atoms with Crippen LogP contribution in [0.15, 0.2) is 18.2 Å². The van der Waals surface area contributed by atoms with E-state index in [-0.39, 0.29) is 11.9 Å². The molecule has 1 aliphatic rings. The van der Waals surface area contributed by atoms with Crippen molar-refractivity contribution < 1.29 is 9.13 Å². The fourth-order valence-electron chi connectivity index (χ4n) is 2.26. The van der Waals surface area contributed by atoms with E-state index in [0.29, 0.717) is 13.1 Å². The van der Waals surface area contributed by atoms with E-state index in [1.807, 2.05) is 12.1 Å². The highest BCUT2D eigenvalue weighted by Gasteiger charge is 2.19. The molecule has 0 aromatic heterocycles. The van der Waals surface area contributed by atoms with Gasteiger partial charge in [-0.1, -0.05) is 19.1 Å². The summed E-state index contributed by atoms with van der Waals surface area (Å²) in [6.07, 6.45) is 1.29. The van der Waals surface area contributed by atoms with Gasteiger partial charge in [-0.3, -0.25) is 4.90 Å². The molecule has 0 spiro atoms. The van der Waals surface area contributed by atoms with Crippen LogP contribution in [0.1, 0.15) is 24.5 Å².